The minimum absolute atomic E-state index is 0.0481. The van der Waals surface area contributed by atoms with Gasteiger partial charge in [0.1, 0.15) is 6.54 Å². The monoisotopic (exact) mass is 705 g/mol. The molecule has 0 bridgehead atoms. The van der Waals surface area contributed by atoms with E-state index in [0.717, 1.165) is 0 Å². The fourth-order valence-electron chi connectivity index (χ4n) is 5.37. The third-order valence-electron chi connectivity index (χ3n) is 7.91. The summed E-state index contributed by atoms with van der Waals surface area (Å²) in [7, 11) is 0. The summed E-state index contributed by atoms with van der Waals surface area (Å²) in [4.78, 5) is 80.8. The van der Waals surface area contributed by atoms with Crippen LogP contribution < -0.4 is 0 Å². The van der Waals surface area contributed by atoms with Crippen LogP contribution in [0.3, 0.4) is 0 Å². The molecule has 1 aliphatic heterocycles. The van der Waals surface area contributed by atoms with Gasteiger partial charge in [0.25, 0.3) is 11.8 Å². The molecule has 11 heteroatoms. The number of imide groups is 1. The zero-order chi connectivity index (χ0) is 35.4. The van der Waals surface area contributed by atoms with Crippen LogP contribution in [-0.2, 0) is 14.3 Å². The molecule has 50 heavy (non-hydrogen) atoms. The molecular formula is C39H25Cl2NO8. The lowest BCUT2D eigenvalue weighted by Crippen LogP contribution is -2.36. The highest BCUT2D eigenvalue weighted by molar-refractivity contribution is 6.31. The highest BCUT2D eigenvalue weighted by atomic mass is 35.5. The summed E-state index contributed by atoms with van der Waals surface area (Å²) in [6.45, 7) is -0.797. The Hall–Kier alpha value is -5.90. The third kappa shape index (κ3) is 7.24. The normalized spacial score (nSPS) is 13.3. The minimum atomic E-state index is -1.37. The van der Waals surface area contributed by atoms with E-state index in [0.29, 0.717) is 26.1 Å². The van der Waals surface area contributed by atoms with Gasteiger partial charge in [-0.15, -0.1) is 0 Å². The van der Waals surface area contributed by atoms with Gasteiger partial charge < -0.3 is 9.47 Å². The lowest BCUT2D eigenvalue weighted by atomic mass is 9.99. The Labute approximate surface area is 296 Å². The van der Waals surface area contributed by atoms with Crippen molar-refractivity contribution < 1.29 is 38.2 Å². The molecule has 0 N–H and O–H groups in total. The number of Topliss-reactive ketones (excluding diaryl/α,β-unsaturated/α-hetero) is 2. The maximum Gasteiger partial charge on any atom is 0.339 e. The van der Waals surface area contributed by atoms with Crippen LogP contribution in [-0.4, -0.2) is 46.8 Å². The number of amides is 2. The van der Waals surface area contributed by atoms with Crippen LogP contribution in [0.25, 0.3) is 0 Å². The molecule has 1 aliphatic rings. The van der Waals surface area contributed by atoms with Crippen molar-refractivity contribution in [2.24, 2.45) is 0 Å². The molecule has 5 aromatic carbocycles. The average molecular weight is 707 g/mol. The number of hydrogen-bond donors (Lipinski definition) is 0. The van der Waals surface area contributed by atoms with E-state index in [4.69, 9.17) is 32.7 Å². The van der Waals surface area contributed by atoms with Gasteiger partial charge in [0.05, 0.1) is 16.7 Å². The minimum Gasteiger partial charge on any atom is -0.448 e. The number of ether oxygens (including phenoxy) is 2. The predicted octanol–water partition coefficient (Wildman–Crippen LogP) is 7.54. The van der Waals surface area contributed by atoms with E-state index in [1.807, 2.05) is 0 Å². The number of ketones is 2. The third-order valence-corrected chi connectivity index (χ3v) is 8.41. The Bertz CT molecular complexity index is 2120. The molecule has 248 valence electrons. The first-order chi connectivity index (χ1) is 24.1. The van der Waals surface area contributed by atoms with Gasteiger partial charge >= 0.3 is 11.9 Å². The Kier molecular flexibility index (Phi) is 9.99. The smallest absolute Gasteiger partial charge is 0.339 e. The summed E-state index contributed by atoms with van der Waals surface area (Å²) in [6.07, 6.45) is -2.69. The molecule has 1 heterocycles. The van der Waals surface area contributed by atoms with Gasteiger partial charge in [0.2, 0.25) is 11.6 Å². The van der Waals surface area contributed by atoms with Crippen molar-refractivity contribution in [2.45, 2.75) is 12.2 Å². The van der Waals surface area contributed by atoms with E-state index in [1.54, 1.807) is 72.8 Å². The lowest BCUT2D eigenvalue weighted by molar-refractivity contribution is -0.147. The summed E-state index contributed by atoms with van der Waals surface area (Å²) >= 11 is 11.9. The van der Waals surface area contributed by atoms with Gasteiger partial charge in [-0.3, -0.25) is 28.9 Å². The fourth-order valence-corrected chi connectivity index (χ4v) is 5.62. The molecule has 0 radical (unpaired) electrons. The zero-order valence-electron chi connectivity index (χ0n) is 26.0. The molecule has 0 saturated heterocycles. The van der Waals surface area contributed by atoms with Crippen molar-refractivity contribution >= 4 is 58.5 Å². The Balaban J connectivity index is 1.19. The van der Waals surface area contributed by atoms with Crippen molar-refractivity contribution in [1.82, 2.24) is 4.90 Å². The first-order valence-electron chi connectivity index (χ1n) is 15.2. The number of rotatable bonds is 11. The SMILES string of the molecule is O=C(CN1C(=O)c2ccc(C(=O)O[C@H](C(=O)c3ccc(Cl)cc3)c3ccccc3)cc2C1=O)O[C@@H](C(=O)c1ccc(Cl)cc1)c1ccccc1. The number of carbonyl (C=O) groups excluding carboxylic acids is 6. The van der Waals surface area contributed by atoms with Crippen LogP contribution in [0, 0.1) is 0 Å². The first kappa shape index (κ1) is 34.0. The molecule has 0 unspecified atom stereocenters. The highest BCUT2D eigenvalue weighted by Gasteiger charge is 2.39. The van der Waals surface area contributed by atoms with E-state index in [9.17, 15) is 28.8 Å². The van der Waals surface area contributed by atoms with E-state index in [-0.39, 0.29) is 27.8 Å². The quantitative estimate of drug-likeness (QED) is 0.0785. The maximum absolute atomic E-state index is 13.5. The number of nitrogens with zero attached hydrogens (tertiary/aromatic N) is 1. The molecule has 5 aromatic rings. The number of benzene rings is 5. The van der Waals surface area contributed by atoms with Crippen molar-refractivity contribution in [3.05, 3.63) is 176 Å². The fraction of sp³-hybridized carbons (Fsp3) is 0.0769. The van der Waals surface area contributed by atoms with Gasteiger partial charge in [-0.1, -0.05) is 83.9 Å². The Morgan fingerprint density at radius 2 is 0.980 bits per heavy atom. The molecule has 0 saturated carbocycles. The number of hydrogen-bond acceptors (Lipinski definition) is 8. The van der Waals surface area contributed by atoms with Crippen LogP contribution in [0.5, 0.6) is 0 Å². The summed E-state index contributed by atoms with van der Waals surface area (Å²) in [6, 6.07) is 32.6. The van der Waals surface area contributed by atoms with Crippen molar-refractivity contribution in [1.29, 1.82) is 0 Å². The Morgan fingerprint density at radius 1 is 0.540 bits per heavy atom. The van der Waals surface area contributed by atoms with Crippen molar-refractivity contribution in [3.8, 4) is 0 Å². The topological polar surface area (TPSA) is 124 Å². The molecule has 9 nitrogen and oxygen atoms in total. The molecule has 2 amide bonds. The molecule has 0 aliphatic carbocycles. The van der Waals surface area contributed by atoms with Gasteiger partial charge in [-0.05, 0) is 66.7 Å². The van der Waals surface area contributed by atoms with E-state index in [2.05, 4.69) is 0 Å². The summed E-state index contributed by atoms with van der Waals surface area (Å²) in [5, 5.41) is 0.844. The van der Waals surface area contributed by atoms with Crippen molar-refractivity contribution in [2.75, 3.05) is 6.54 Å². The van der Waals surface area contributed by atoms with E-state index < -0.39 is 54.1 Å². The second kappa shape index (κ2) is 14.7. The predicted molar refractivity (Wildman–Crippen MR) is 183 cm³/mol. The van der Waals surface area contributed by atoms with Gasteiger partial charge in [0.15, 0.2) is 12.2 Å². The van der Waals surface area contributed by atoms with Crippen LogP contribution in [0.15, 0.2) is 127 Å². The van der Waals surface area contributed by atoms with Gasteiger partial charge in [-0.2, -0.15) is 0 Å². The number of carbonyl (C=O) groups is 6. The van der Waals surface area contributed by atoms with Crippen LogP contribution in [0.4, 0.5) is 0 Å². The van der Waals surface area contributed by atoms with Crippen LogP contribution in [0.1, 0.15) is 75.1 Å². The van der Waals surface area contributed by atoms with Gasteiger partial charge in [0, 0.05) is 32.3 Å². The summed E-state index contributed by atoms with van der Waals surface area (Å²) in [5.74, 6) is -4.61. The van der Waals surface area contributed by atoms with E-state index in [1.165, 1.54) is 54.6 Å². The van der Waals surface area contributed by atoms with Crippen LogP contribution >= 0.6 is 23.2 Å². The average Bonchev–Trinajstić information content (AvgIpc) is 3.37. The number of esters is 2. The highest BCUT2D eigenvalue weighted by Crippen LogP contribution is 2.29. The van der Waals surface area contributed by atoms with E-state index >= 15 is 0 Å². The second-order valence-electron chi connectivity index (χ2n) is 11.2. The molecule has 0 spiro atoms. The molecule has 0 aromatic heterocycles. The summed E-state index contributed by atoms with van der Waals surface area (Å²) < 4.78 is 11.3. The first-order valence-corrected chi connectivity index (χ1v) is 16.0. The summed E-state index contributed by atoms with van der Waals surface area (Å²) in [5.41, 5.74) is 1.01. The lowest BCUT2D eigenvalue weighted by Gasteiger charge is -2.19. The molecular weight excluding hydrogens is 681 g/mol. The zero-order valence-corrected chi connectivity index (χ0v) is 27.5. The largest absolute Gasteiger partial charge is 0.448 e. The number of halogens is 2. The molecule has 2 atom stereocenters. The second-order valence-corrected chi connectivity index (χ2v) is 12.0. The number of fused-ring (bicyclic) bond motifs is 1. The molecule has 6 rings (SSSR count). The standard InChI is InChI=1S/C39H25Cl2NO8/c40-28-16-11-23(12-17-28)33(44)35(25-7-3-1-4-8-25)49-32(43)22-42-37(46)30-20-15-27(21-31(30)38(42)47)39(48)50-36(26-9-5-2-6-10-26)34(45)24-13-18-29(41)19-14-24/h1-21,35-36H,22H2/t35-,36+/m1/s1. The molecule has 0 fully saturated rings. The maximum atomic E-state index is 13.5. The van der Waals surface area contributed by atoms with Crippen LogP contribution in [0.2, 0.25) is 10.0 Å². The van der Waals surface area contributed by atoms with Crippen molar-refractivity contribution in [3.63, 3.8) is 0 Å². The van der Waals surface area contributed by atoms with Gasteiger partial charge in [-0.25, -0.2) is 4.79 Å². The Morgan fingerprint density at radius 3 is 1.48 bits per heavy atom.